The van der Waals surface area contributed by atoms with E-state index >= 15 is 0 Å². The normalized spacial score (nSPS) is 11.9. The summed E-state index contributed by atoms with van der Waals surface area (Å²) >= 11 is 0. The van der Waals surface area contributed by atoms with Crippen LogP contribution in [0.3, 0.4) is 0 Å². The molecule has 0 spiro atoms. The fourth-order valence-electron chi connectivity index (χ4n) is 9.07. The molecule has 0 radical (unpaired) electrons. The minimum atomic E-state index is 0.935. The third-order valence-corrected chi connectivity index (χ3v) is 11.6. The zero-order chi connectivity index (χ0) is 36.7. The van der Waals surface area contributed by atoms with Crippen molar-refractivity contribution in [3.63, 3.8) is 0 Å². The number of hydrogen-bond donors (Lipinski definition) is 0. The van der Waals surface area contributed by atoms with Crippen LogP contribution in [-0.4, -0.2) is 19.1 Å². The molecule has 0 amide bonds. The first-order valence-corrected chi connectivity index (χ1v) is 19.1. The highest BCUT2D eigenvalue weighted by Gasteiger charge is 2.17. The number of rotatable bonds is 4. The van der Waals surface area contributed by atoms with Gasteiger partial charge in [0.1, 0.15) is 0 Å². The molecule has 56 heavy (non-hydrogen) atoms. The van der Waals surface area contributed by atoms with Gasteiger partial charge in [-0.2, -0.15) is 0 Å². The summed E-state index contributed by atoms with van der Waals surface area (Å²) in [6.07, 6.45) is 3.56. The number of fused-ring (bicyclic) bond motifs is 12. The Labute approximate surface area is 322 Å². The lowest BCUT2D eigenvalue weighted by Gasteiger charge is -2.13. The third kappa shape index (κ3) is 4.53. The van der Waals surface area contributed by atoms with E-state index in [-0.39, 0.29) is 0 Å². The van der Waals surface area contributed by atoms with Crippen LogP contribution >= 0.6 is 0 Å². The average molecular weight is 713 g/mol. The summed E-state index contributed by atoms with van der Waals surface area (Å²) in [6, 6.07) is 66.2. The third-order valence-electron chi connectivity index (χ3n) is 11.6. The molecular formula is C52H32N4. The predicted molar refractivity (Wildman–Crippen MR) is 234 cm³/mol. The molecule has 4 heteroatoms. The molecule has 0 bridgehead atoms. The van der Waals surface area contributed by atoms with Crippen LogP contribution in [0.15, 0.2) is 194 Å². The first-order valence-electron chi connectivity index (χ1n) is 19.1. The summed E-state index contributed by atoms with van der Waals surface area (Å²) in [5.41, 5.74) is 13.7. The maximum absolute atomic E-state index is 4.76. The van der Waals surface area contributed by atoms with Crippen molar-refractivity contribution < 1.29 is 0 Å². The largest absolute Gasteiger partial charge is 0.309 e. The van der Waals surface area contributed by atoms with E-state index in [1.54, 1.807) is 12.4 Å². The summed E-state index contributed by atoms with van der Waals surface area (Å²) in [5.74, 6) is 0. The highest BCUT2D eigenvalue weighted by molar-refractivity contribution is 6.23. The van der Waals surface area contributed by atoms with Gasteiger partial charge in [-0.15, -0.1) is 0 Å². The topological polar surface area (TPSA) is 35.6 Å². The first kappa shape index (κ1) is 30.9. The standard InChI is InChI=1S/C52H32N4/c1-2-12-37(13-3-1)55-47-19-8-6-16-40(47)42-24-21-36(32-50(42)55)35-23-26-49-46(31-35)41-17-7-9-20-48(41)56(49)38-14-10-11-33(29-38)34-22-25-44-45(30-34)39-15-4-5-18-43(39)51-52(44)54-28-27-53-51/h1-32H. The van der Waals surface area contributed by atoms with E-state index in [2.05, 4.69) is 191 Å². The number of benzene rings is 9. The molecule has 9 aromatic carbocycles. The molecule has 0 saturated carbocycles. The van der Waals surface area contributed by atoms with Gasteiger partial charge in [0.15, 0.2) is 0 Å². The SMILES string of the molecule is c1ccc(-n2c3ccccc3c3ccc(-c4ccc5c(c4)c4ccccc4n5-c4cccc(-c5ccc6c(c5)c5ccccc5c5nccnc65)c4)cc32)cc1. The molecule has 0 atom stereocenters. The Morgan fingerprint density at radius 1 is 0.268 bits per heavy atom. The van der Waals surface area contributed by atoms with E-state index in [4.69, 9.17) is 9.97 Å². The summed E-state index contributed by atoms with van der Waals surface area (Å²) in [5, 5.41) is 9.60. The highest BCUT2D eigenvalue weighted by atomic mass is 15.0. The minimum absolute atomic E-state index is 0.935. The van der Waals surface area contributed by atoms with Crippen LogP contribution in [0.25, 0.3) is 110 Å². The van der Waals surface area contributed by atoms with Crippen LogP contribution < -0.4 is 0 Å². The van der Waals surface area contributed by atoms with Crippen LogP contribution in [0, 0.1) is 0 Å². The lowest BCUT2D eigenvalue weighted by molar-refractivity contribution is 1.18. The molecule has 3 heterocycles. The Bertz CT molecular complexity index is 3500. The van der Waals surface area contributed by atoms with Crippen molar-refractivity contribution in [1.82, 2.24) is 19.1 Å². The Morgan fingerprint density at radius 3 is 1.50 bits per heavy atom. The number of hydrogen-bond acceptors (Lipinski definition) is 2. The molecular weight excluding hydrogens is 681 g/mol. The average Bonchev–Trinajstić information content (AvgIpc) is 3.79. The van der Waals surface area contributed by atoms with Crippen molar-refractivity contribution >= 4 is 76.2 Å². The molecule has 12 rings (SSSR count). The lowest BCUT2D eigenvalue weighted by Crippen LogP contribution is -1.94. The molecule has 4 nitrogen and oxygen atoms in total. The predicted octanol–water partition coefficient (Wildman–Crippen LogP) is 13.5. The molecule has 0 N–H and O–H groups in total. The van der Waals surface area contributed by atoms with E-state index in [0.717, 1.165) is 38.7 Å². The number of aromatic nitrogens is 4. The Kier molecular flexibility index (Phi) is 6.60. The summed E-state index contributed by atoms with van der Waals surface area (Å²) in [7, 11) is 0. The minimum Gasteiger partial charge on any atom is -0.309 e. The second-order valence-corrected chi connectivity index (χ2v) is 14.6. The van der Waals surface area contributed by atoms with Crippen molar-refractivity contribution in [2.75, 3.05) is 0 Å². The van der Waals surface area contributed by atoms with Gasteiger partial charge < -0.3 is 9.13 Å². The summed E-state index contributed by atoms with van der Waals surface area (Å²) in [6.45, 7) is 0. The van der Waals surface area contributed by atoms with Crippen molar-refractivity contribution in [1.29, 1.82) is 0 Å². The molecule has 0 saturated heterocycles. The van der Waals surface area contributed by atoms with Crippen LogP contribution in [0.4, 0.5) is 0 Å². The van der Waals surface area contributed by atoms with Crippen molar-refractivity contribution in [3.8, 4) is 33.6 Å². The van der Waals surface area contributed by atoms with Gasteiger partial charge in [-0.25, -0.2) is 0 Å². The molecule has 3 aromatic heterocycles. The van der Waals surface area contributed by atoms with Crippen molar-refractivity contribution in [3.05, 3.63) is 194 Å². The van der Waals surface area contributed by atoms with Crippen molar-refractivity contribution in [2.24, 2.45) is 0 Å². The maximum Gasteiger partial charge on any atom is 0.0971 e. The Balaban J connectivity index is 1.01. The van der Waals surface area contributed by atoms with Crippen LogP contribution in [0.1, 0.15) is 0 Å². The summed E-state index contributed by atoms with van der Waals surface area (Å²) < 4.78 is 4.80. The fourth-order valence-corrected chi connectivity index (χ4v) is 9.07. The van der Waals surface area contributed by atoms with Crippen molar-refractivity contribution in [2.45, 2.75) is 0 Å². The number of nitrogens with zero attached hydrogens (tertiary/aromatic N) is 4. The number of para-hydroxylation sites is 3. The van der Waals surface area contributed by atoms with Gasteiger partial charge in [0, 0.05) is 56.1 Å². The zero-order valence-corrected chi connectivity index (χ0v) is 30.3. The Hall–Kier alpha value is -7.56. The molecule has 0 aliphatic rings. The zero-order valence-electron chi connectivity index (χ0n) is 30.3. The Morgan fingerprint density at radius 2 is 0.750 bits per heavy atom. The summed E-state index contributed by atoms with van der Waals surface area (Å²) in [4.78, 5) is 9.49. The van der Waals surface area contributed by atoms with Crippen LogP contribution in [-0.2, 0) is 0 Å². The maximum atomic E-state index is 4.76. The van der Waals surface area contributed by atoms with E-state index in [0.29, 0.717) is 0 Å². The van der Waals surface area contributed by atoms with Gasteiger partial charge >= 0.3 is 0 Å². The highest BCUT2D eigenvalue weighted by Crippen LogP contribution is 2.40. The van der Waals surface area contributed by atoms with E-state index in [1.807, 2.05) is 0 Å². The first-order chi connectivity index (χ1) is 27.8. The molecule has 12 aromatic rings. The molecule has 0 fully saturated rings. The van der Waals surface area contributed by atoms with Gasteiger partial charge in [0.2, 0.25) is 0 Å². The molecule has 260 valence electrons. The lowest BCUT2D eigenvalue weighted by atomic mass is 9.95. The van der Waals surface area contributed by atoms with Crippen LogP contribution in [0.5, 0.6) is 0 Å². The van der Waals surface area contributed by atoms with Gasteiger partial charge in [-0.05, 0) is 93.7 Å². The second kappa shape index (κ2) is 12.0. The molecule has 0 unspecified atom stereocenters. The monoisotopic (exact) mass is 712 g/mol. The van der Waals surface area contributed by atoms with Gasteiger partial charge in [0.05, 0.1) is 33.1 Å². The van der Waals surface area contributed by atoms with E-state index in [1.165, 1.54) is 71.1 Å². The van der Waals surface area contributed by atoms with Crippen LogP contribution in [0.2, 0.25) is 0 Å². The van der Waals surface area contributed by atoms with Gasteiger partial charge in [-0.3, -0.25) is 9.97 Å². The smallest absolute Gasteiger partial charge is 0.0971 e. The molecule has 0 aliphatic heterocycles. The molecule has 0 aliphatic carbocycles. The van der Waals surface area contributed by atoms with Gasteiger partial charge in [-0.1, -0.05) is 121 Å². The quantitative estimate of drug-likeness (QED) is 0.170. The van der Waals surface area contributed by atoms with E-state index < -0.39 is 0 Å². The van der Waals surface area contributed by atoms with E-state index in [9.17, 15) is 0 Å². The van der Waals surface area contributed by atoms with Gasteiger partial charge in [0.25, 0.3) is 0 Å². The fraction of sp³-hybridized carbons (Fsp3) is 0. The second-order valence-electron chi connectivity index (χ2n) is 14.6.